The molecule has 2 rings (SSSR count). The van der Waals surface area contributed by atoms with Crippen LogP contribution in [0.4, 0.5) is 16.2 Å². The number of hydrogen-bond acceptors (Lipinski definition) is 4. The highest BCUT2D eigenvalue weighted by Gasteiger charge is 2.19. The third-order valence-corrected chi connectivity index (χ3v) is 5.13. The number of piperidine rings is 1. The molecule has 1 saturated heterocycles. The van der Waals surface area contributed by atoms with Crippen molar-refractivity contribution >= 4 is 35.1 Å². The molecule has 6 nitrogen and oxygen atoms in total. The number of nitrogens with zero attached hydrogens (tertiary/aromatic N) is 1. The fraction of sp³-hybridized carbons (Fsp3) is 0.556. The fourth-order valence-electron chi connectivity index (χ4n) is 2.84. The Morgan fingerprint density at radius 2 is 1.92 bits per heavy atom. The number of aliphatic carboxylic acids is 1. The van der Waals surface area contributed by atoms with Crippen LogP contribution < -0.4 is 15.5 Å². The number of carboxylic acid groups (broad SMARTS) is 1. The normalized spacial score (nSPS) is 16.3. The first-order chi connectivity index (χ1) is 12.0. The van der Waals surface area contributed by atoms with Gasteiger partial charge in [0.25, 0.3) is 0 Å². The van der Waals surface area contributed by atoms with Crippen LogP contribution in [-0.4, -0.2) is 48.2 Å². The number of carboxylic acids is 1. The lowest BCUT2D eigenvalue weighted by Gasteiger charge is -2.32. The van der Waals surface area contributed by atoms with Crippen molar-refractivity contribution in [3.8, 4) is 0 Å². The monoisotopic (exact) mass is 365 g/mol. The van der Waals surface area contributed by atoms with Gasteiger partial charge in [-0.15, -0.1) is 0 Å². The molecule has 0 radical (unpaired) electrons. The van der Waals surface area contributed by atoms with Crippen LogP contribution in [0, 0.1) is 5.92 Å². The van der Waals surface area contributed by atoms with Crippen LogP contribution in [0.15, 0.2) is 24.3 Å². The minimum atomic E-state index is -1.01. The predicted molar refractivity (Wildman–Crippen MR) is 104 cm³/mol. The molecule has 0 bridgehead atoms. The molecule has 0 saturated carbocycles. The SMILES string of the molecule is CSCCC(NC(=O)Nc1ccc(N2CCC(C)CC2)cc1)C(=O)O. The summed E-state index contributed by atoms with van der Waals surface area (Å²) in [5.41, 5.74) is 1.81. The summed E-state index contributed by atoms with van der Waals surface area (Å²) in [7, 11) is 0. The molecule has 1 aliphatic heterocycles. The summed E-state index contributed by atoms with van der Waals surface area (Å²) in [4.78, 5) is 25.5. The first-order valence-corrected chi connectivity index (χ1v) is 10.0. The van der Waals surface area contributed by atoms with E-state index in [1.807, 2.05) is 30.5 Å². The molecule has 1 heterocycles. The maximum atomic E-state index is 12.0. The molecular weight excluding hydrogens is 338 g/mol. The van der Waals surface area contributed by atoms with Crippen LogP contribution in [0.5, 0.6) is 0 Å². The van der Waals surface area contributed by atoms with Crippen LogP contribution in [0.25, 0.3) is 0 Å². The fourth-order valence-corrected chi connectivity index (χ4v) is 3.31. The maximum Gasteiger partial charge on any atom is 0.326 e. The number of carbonyl (C=O) groups excluding carboxylic acids is 1. The number of nitrogens with one attached hydrogen (secondary N) is 2. The van der Waals surface area contributed by atoms with Crippen molar-refractivity contribution in [2.75, 3.05) is 35.3 Å². The highest BCUT2D eigenvalue weighted by molar-refractivity contribution is 7.98. The Kier molecular flexibility index (Phi) is 7.43. The molecule has 1 atom stereocenters. The molecule has 0 aliphatic carbocycles. The third-order valence-electron chi connectivity index (χ3n) is 4.49. The second kappa shape index (κ2) is 9.56. The first-order valence-electron chi connectivity index (χ1n) is 8.64. The molecule has 7 heteroatoms. The molecule has 1 unspecified atom stereocenters. The van der Waals surface area contributed by atoms with Crippen molar-refractivity contribution in [1.29, 1.82) is 0 Å². The van der Waals surface area contributed by atoms with E-state index in [2.05, 4.69) is 22.5 Å². The highest BCUT2D eigenvalue weighted by Crippen LogP contribution is 2.24. The summed E-state index contributed by atoms with van der Waals surface area (Å²) in [5.74, 6) is 0.452. The predicted octanol–water partition coefficient (Wildman–Crippen LogP) is 3.25. The number of thioether (sulfide) groups is 1. The van der Waals surface area contributed by atoms with Gasteiger partial charge in [0.15, 0.2) is 0 Å². The van der Waals surface area contributed by atoms with E-state index < -0.39 is 18.0 Å². The van der Waals surface area contributed by atoms with Crippen LogP contribution in [0.1, 0.15) is 26.2 Å². The van der Waals surface area contributed by atoms with Gasteiger partial charge < -0.3 is 20.6 Å². The molecule has 1 aromatic rings. The van der Waals surface area contributed by atoms with Gasteiger partial charge >= 0.3 is 12.0 Å². The number of rotatable bonds is 7. The average Bonchev–Trinajstić information content (AvgIpc) is 2.60. The number of carbonyl (C=O) groups is 2. The lowest BCUT2D eigenvalue weighted by atomic mass is 9.99. The molecule has 2 amide bonds. The van der Waals surface area contributed by atoms with Gasteiger partial charge in [-0.3, -0.25) is 0 Å². The van der Waals surface area contributed by atoms with Gasteiger partial charge in [-0.25, -0.2) is 9.59 Å². The lowest BCUT2D eigenvalue weighted by Crippen LogP contribution is -2.43. The van der Waals surface area contributed by atoms with E-state index in [-0.39, 0.29) is 0 Å². The van der Waals surface area contributed by atoms with Crippen molar-refractivity contribution in [3.63, 3.8) is 0 Å². The Balaban J connectivity index is 1.87. The number of hydrogen-bond donors (Lipinski definition) is 3. The minimum absolute atomic E-state index is 0.399. The van der Waals surface area contributed by atoms with E-state index in [1.54, 1.807) is 11.8 Å². The Bertz CT molecular complexity index is 571. The van der Waals surface area contributed by atoms with Crippen molar-refractivity contribution in [2.45, 2.75) is 32.2 Å². The summed E-state index contributed by atoms with van der Waals surface area (Å²) < 4.78 is 0. The second-order valence-corrected chi connectivity index (χ2v) is 7.47. The summed E-state index contributed by atoms with van der Waals surface area (Å²) in [5, 5.41) is 14.4. The smallest absolute Gasteiger partial charge is 0.326 e. The zero-order chi connectivity index (χ0) is 18.2. The first kappa shape index (κ1) is 19.4. The second-order valence-electron chi connectivity index (χ2n) is 6.49. The molecular formula is C18H27N3O3S. The van der Waals surface area contributed by atoms with E-state index >= 15 is 0 Å². The quantitative estimate of drug-likeness (QED) is 0.691. The standard InChI is InChI=1S/C18H27N3O3S/c1-13-7-10-21(11-8-13)15-5-3-14(4-6-15)19-18(24)20-16(17(22)23)9-12-25-2/h3-6,13,16H,7-12H2,1-2H3,(H,22,23)(H2,19,20,24). The Labute approximate surface area is 153 Å². The van der Waals surface area contributed by atoms with E-state index in [9.17, 15) is 9.59 Å². The van der Waals surface area contributed by atoms with Crippen LogP contribution in [-0.2, 0) is 4.79 Å². The zero-order valence-corrected chi connectivity index (χ0v) is 15.6. The Hall–Kier alpha value is -1.89. The number of anilines is 2. The molecule has 138 valence electrons. The summed E-state index contributed by atoms with van der Waals surface area (Å²) in [6.07, 6.45) is 4.71. The zero-order valence-electron chi connectivity index (χ0n) is 14.8. The third kappa shape index (κ3) is 6.16. The lowest BCUT2D eigenvalue weighted by molar-refractivity contribution is -0.139. The Morgan fingerprint density at radius 3 is 2.48 bits per heavy atom. The maximum absolute atomic E-state index is 12.0. The van der Waals surface area contributed by atoms with Gasteiger partial charge in [-0.05, 0) is 61.5 Å². The van der Waals surface area contributed by atoms with E-state index in [1.165, 1.54) is 12.8 Å². The van der Waals surface area contributed by atoms with E-state index in [0.29, 0.717) is 17.9 Å². The number of amides is 2. The van der Waals surface area contributed by atoms with Crippen molar-refractivity contribution < 1.29 is 14.7 Å². The highest BCUT2D eigenvalue weighted by atomic mass is 32.2. The topological polar surface area (TPSA) is 81.7 Å². The van der Waals surface area contributed by atoms with Gasteiger partial charge in [0, 0.05) is 24.5 Å². The Morgan fingerprint density at radius 1 is 1.28 bits per heavy atom. The molecule has 1 aliphatic rings. The largest absolute Gasteiger partial charge is 0.480 e. The van der Waals surface area contributed by atoms with Gasteiger partial charge in [0.05, 0.1) is 0 Å². The van der Waals surface area contributed by atoms with Gasteiger partial charge in [0.2, 0.25) is 0 Å². The van der Waals surface area contributed by atoms with Crippen molar-refractivity contribution in [2.24, 2.45) is 5.92 Å². The molecule has 25 heavy (non-hydrogen) atoms. The molecule has 0 aromatic heterocycles. The molecule has 1 fully saturated rings. The summed E-state index contributed by atoms with van der Waals surface area (Å²) in [6, 6.07) is 6.33. The summed E-state index contributed by atoms with van der Waals surface area (Å²) in [6.45, 7) is 4.40. The van der Waals surface area contributed by atoms with Crippen molar-refractivity contribution in [3.05, 3.63) is 24.3 Å². The van der Waals surface area contributed by atoms with Crippen LogP contribution in [0.3, 0.4) is 0 Å². The van der Waals surface area contributed by atoms with Gasteiger partial charge in [-0.1, -0.05) is 6.92 Å². The molecule has 0 spiro atoms. The summed E-state index contributed by atoms with van der Waals surface area (Å²) >= 11 is 1.55. The average molecular weight is 365 g/mol. The number of urea groups is 1. The molecule has 1 aromatic carbocycles. The number of benzene rings is 1. The van der Waals surface area contributed by atoms with Crippen LogP contribution >= 0.6 is 11.8 Å². The van der Waals surface area contributed by atoms with Crippen LogP contribution in [0.2, 0.25) is 0 Å². The minimum Gasteiger partial charge on any atom is -0.480 e. The van der Waals surface area contributed by atoms with Crippen molar-refractivity contribution in [1.82, 2.24) is 5.32 Å². The van der Waals surface area contributed by atoms with Gasteiger partial charge in [-0.2, -0.15) is 11.8 Å². The van der Waals surface area contributed by atoms with E-state index in [0.717, 1.165) is 24.7 Å². The van der Waals surface area contributed by atoms with E-state index in [4.69, 9.17) is 5.11 Å². The van der Waals surface area contributed by atoms with Gasteiger partial charge in [0.1, 0.15) is 6.04 Å². The molecule has 3 N–H and O–H groups in total.